The van der Waals surface area contributed by atoms with Crippen LogP contribution in [-0.4, -0.2) is 22.4 Å². The quantitative estimate of drug-likeness (QED) is 0.889. The molecule has 3 nitrogen and oxygen atoms in total. The minimum Gasteiger partial charge on any atom is -0.310 e. The van der Waals surface area contributed by atoms with Gasteiger partial charge < -0.3 is 5.32 Å². The van der Waals surface area contributed by atoms with E-state index in [-0.39, 0.29) is 18.9 Å². The fourth-order valence-electron chi connectivity index (χ4n) is 2.71. The van der Waals surface area contributed by atoms with Crippen LogP contribution in [0.2, 0.25) is 0 Å². The van der Waals surface area contributed by atoms with Gasteiger partial charge in [0, 0.05) is 23.8 Å². The van der Waals surface area contributed by atoms with Gasteiger partial charge in [-0.05, 0) is 39.5 Å². The molecule has 0 bridgehead atoms. The summed E-state index contributed by atoms with van der Waals surface area (Å²) in [7, 11) is 0. The molecule has 0 aromatic carbocycles. The van der Waals surface area contributed by atoms with Gasteiger partial charge in [0.1, 0.15) is 0 Å². The topological polar surface area (TPSA) is 40.7 Å². The van der Waals surface area contributed by atoms with E-state index in [9.17, 15) is 13.2 Å². The fourth-order valence-corrected chi connectivity index (χ4v) is 2.71. The monoisotopic (exact) mass is 275 g/mol. The maximum Gasteiger partial charge on any atom is 0.391 e. The second-order valence-electron chi connectivity index (χ2n) is 5.38. The average Bonchev–Trinajstić information content (AvgIpc) is 2.66. The van der Waals surface area contributed by atoms with E-state index in [1.807, 2.05) is 13.8 Å². The summed E-state index contributed by atoms with van der Waals surface area (Å²) in [4.78, 5) is 0. The van der Waals surface area contributed by atoms with Gasteiger partial charge >= 0.3 is 6.18 Å². The summed E-state index contributed by atoms with van der Waals surface area (Å²) >= 11 is 0. The minimum absolute atomic E-state index is 0.187. The van der Waals surface area contributed by atoms with Gasteiger partial charge in [0.2, 0.25) is 0 Å². The number of alkyl halides is 3. The summed E-state index contributed by atoms with van der Waals surface area (Å²) < 4.78 is 37.7. The molecule has 1 aromatic rings. The van der Waals surface area contributed by atoms with E-state index in [1.54, 1.807) is 0 Å². The second kappa shape index (κ2) is 5.53. The zero-order valence-corrected chi connectivity index (χ0v) is 11.3. The Morgan fingerprint density at radius 3 is 2.32 bits per heavy atom. The van der Waals surface area contributed by atoms with Gasteiger partial charge in [-0.3, -0.25) is 5.10 Å². The van der Waals surface area contributed by atoms with Crippen molar-refractivity contribution in [3.8, 4) is 0 Å². The van der Waals surface area contributed by atoms with Crippen LogP contribution in [0.4, 0.5) is 13.2 Å². The van der Waals surface area contributed by atoms with E-state index in [0.29, 0.717) is 19.4 Å². The normalized spacial score (nSPS) is 24.7. The minimum atomic E-state index is -4.03. The van der Waals surface area contributed by atoms with Crippen molar-refractivity contribution in [2.75, 3.05) is 0 Å². The summed E-state index contributed by atoms with van der Waals surface area (Å²) in [6.07, 6.45) is -2.35. The predicted octanol–water partition coefficient (Wildman–Crippen LogP) is 3.24. The Bertz CT molecular complexity index is 398. The van der Waals surface area contributed by atoms with Crippen molar-refractivity contribution in [3.05, 3.63) is 17.0 Å². The van der Waals surface area contributed by atoms with E-state index in [0.717, 1.165) is 17.0 Å². The molecule has 1 fully saturated rings. The second-order valence-corrected chi connectivity index (χ2v) is 5.38. The predicted molar refractivity (Wildman–Crippen MR) is 66.7 cm³/mol. The zero-order chi connectivity index (χ0) is 14.0. The summed E-state index contributed by atoms with van der Waals surface area (Å²) in [5.41, 5.74) is 3.10. The summed E-state index contributed by atoms with van der Waals surface area (Å²) in [6.45, 7) is 4.56. The SMILES string of the molecule is Cc1n[nH]c(C)c1CNC1CCC(C(F)(F)F)CC1. The Kier molecular flexibility index (Phi) is 4.18. The van der Waals surface area contributed by atoms with Crippen molar-refractivity contribution in [2.45, 2.75) is 58.3 Å². The maximum absolute atomic E-state index is 12.6. The lowest BCUT2D eigenvalue weighted by molar-refractivity contribution is -0.182. The molecule has 0 aliphatic heterocycles. The van der Waals surface area contributed by atoms with Gasteiger partial charge in [-0.25, -0.2) is 0 Å². The van der Waals surface area contributed by atoms with E-state index in [2.05, 4.69) is 15.5 Å². The molecule has 0 unspecified atom stereocenters. The van der Waals surface area contributed by atoms with Gasteiger partial charge in [0.15, 0.2) is 0 Å². The molecule has 0 spiro atoms. The molecule has 1 saturated carbocycles. The van der Waals surface area contributed by atoms with Crippen molar-refractivity contribution >= 4 is 0 Å². The lowest BCUT2D eigenvalue weighted by Crippen LogP contribution is -2.36. The van der Waals surface area contributed by atoms with E-state index >= 15 is 0 Å². The molecule has 2 rings (SSSR count). The van der Waals surface area contributed by atoms with Gasteiger partial charge in [0.25, 0.3) is 0 Å². The number of aromatic nitrogens is 2. The summed E-state index contributed by atoms with van der Waals surface area (Å²) in [5.74, 6) is -1.11. The number of rotatable bonds is 3. The molecule has 1 aliphatic carbocycles. The number of H-pyrrole nitrogens is 1. The molecule has 0 radical (unpaired) electrons. The number of nitrogens with one attached hydrogen (secondary N) is 2. The lowest BCUT2D eigenvalue weighted by Gasteiger charge is -2.30. The Labute approximate surface area is 111 Å². The van der Waals surface area contributed by atoms with Crippen molar-refractivity contribution in [3.63, 3.8) is 0 Å². The number of hydrogen-bond donors (Lipinski definition) is 2. The lowest BCUT2D eigenvalue weighted by atomic mass is 9.85. The third kappa shape index (κ3) is 3.49. The number of nitrogens with zero attached hydrogens (tertiary/aromatic N) is 1. The molecule has 6 heteroatoms. The molecule has 0 amide bonds. The number of aromatic amines is 1. The van der Waals surface area contributed by atoms with Crippen LogP contribution in [0.5, 0.6) is 0 Å². The average molecular weight is 275 g/mol. The van der Waals surface area contributed by atoms with Crippen LogP contribution in [0.3, 0.4) is 0 Å². The van der Waals surface area contributed by atoms with Crippen LogP contribution in [0.25, 0.3) is 0 Å². The molecule has 108 valence electrons. The molecule has 2 N–H and O–H groups in total. The van der Waals surface area contributed by atoms with Crippen LogP contribution >= 0.6 is 0 Å². The van der Waals surface area contributed by atoms with E-state index in [1.165, 1.54) is 0 Å². The van der Waals surface area contributed by atoms with Crippen LogP contribution in [0.1, 0.15) is 42.6 Å². The van der Waals surface area contributed by atoms with Crippen molar-refractivity contribution in [1.82, 2.24) is 15.5 Å². The van der Waals surface area contributed by atoms with E-state index in [4.69, 9.17) is 0 Å². The third-order valence-corrected chi connectivity index (χ3v) is 4.04. The highest BCUT2D eigenvalue weighted by atomic mass is 19.4. The van der Waals surface area contributed by atoms with E-state index < -0.39 is 12.1 Å². The summed E-state index contributed by atoms with van der Waals surface area (Å²) in [6, 6.07) is 0.187. The third-order valence-electron chi connectivity index (χ3n) is 4.04. The highest BCUT2D eigenvalue weighted by molar-refractivity contribution is 5.22. The number of aryl methyl sites for hydroxylation is 2. The molecule has 0 saturated heterocycles. The van der Waals surface area contributed by atoms with Gasteiger partial charge in [-0.15, -0.1) is 0 Å². The van der Waals surface area contributed by atoms with Crippen molar-refractivity contribution in [2.24, 2.45) is 5.92 Å². The molecular weight excluding hydrogens is 255 g/mol. The highest BCUT2D eigenvalue weighted by Gasteiger charge is 2.41. The largest absolute Gasteiger partial charge is 0.391 e. The number of hydrogen-bond acceptors (Lipinski definition) is 2. The maximum atomic E-state index is 12.6. The molecule has 0 atom stereocenters. The smallest absolute Gasteiger partial charge is 0.310 e. The zero-order valence-electron chi connectivity index (χ0n) is 11.3. The summed E-state index contributed by atoms with van der Waals surface area (Å²) in [5, 5.41) is 10.4. The molecule has 19 heavy (non-hydrogen) atoms. The van der Waals surface area contributed by atoms with Gasteiger partial charge in [0.05, 0.1) is 11.6 Å². The molecular formula is C13H20F3N3. The van der Waals surface area contributed by atoms with Crippen LogP contribution < -0.4 is 5.32 Å². The standard InChI is InChI=1S/C13H20F3N3/c1-8-12(9(2)19-18-8)7-17-11-5-3-10(4-6-11)13(14,15)16/h10-11,17H,3-7H2,1-2H3,(H,18,19). The van der Waals surface area contributed by atoms with Crippen molar-refractivity contribution in [1.29, 1.82) is 0 Å². The molecule has 1 aromatic heterocycles. The first-order chi connectivity index (χ1) is 8.88. The Morgan fingerprint density at radius 1 is 1.21 bits per heavy atom. The molecule has 1 heterocycles. The first-order valence-electron chi connectivity index (χ1n) is 6.68. The van der Waals surface area contributed by atoms with Crippen LogP contribution in [0.15, 0.2) is 0 Å². The first kappa shape index (κ1) is 14.4. The van der Waals surface area contributed by atoms with Gasteiger partial charge in [-0.2, -0.15) is 18.3 Å². The van der Waals surface area contributed by atoms with Gasteiger partial charge in [-0.1, -0.05) is 0 Å². The molecule has 1 aliphatic rings. The fraction of sp³-hybridized carbons (Fsp3) is 0.769. The Balaban J connectivity index is 1.81. The highest BCUT2D eigenvalue weighted by Crippen LogP contribution is 2.37. The first-order valence-corrected chi connectivity index (χ1v) is 6.68. The Morgan fingerprint density at radius 2 is 1.84 bits per heavy atom. The van der Waals surface area contributed by atoms with Crippen molar-refractivity contribution < 1.29 is 13.2 Å². The van der Waals surface area contributed by atoms with Crippen LogP contribution in [0, 0.1) is 19.8 Å². The Hall–Kier alpha value is -1.04. The van der Waals surface area contributed by atoms with Crippen LogP contribution in [-0.2, 0) is 6.54 Å². The number of halogens is 3.